The molecule has 0 aliphatic heterocycles. The molecule has 126 valence electrons. The third-order valence-corrected chi connectivity index (χ3v) is 3.67. The first-order valence-corrected chi connectivity index (χ1v) is 7.60. The molecule has 24 heavy (non-hydrogen) atoms. The van der Waals surface area contributed by atoms with Crippen LogP contribution in [0.1, 0.15) is 5.56 Å². The fourth-order valence-corrected chi connectivity index (χ4v) is 2.39. The van der Waals surface area contributed by atoms with E-state index in [1.54, 1.807) is 18.2 Å². The average Bonchev–Trinajstić information content (AvgIpc) is 2.52. The first kappa shape index (κ1) is 18.2. The first-order chi connectivity index (χ1) is 11.4. The van der Waals surface area contributed by atoms with E-state index in [9.17, 15) is 18.4 Å². The van der Waals surface area contributed by atoms with Gasteiger partial charge in [-0.15, -0.1) is 0 Å². The Bertz CT molecular complexity index is 785. The van der Waals surface area contributed by atoms with Crippen LogP contribution in [0.15, 0.2) is 36.4 Å². The molecule has 0 radical (unpaired) electrons. The molecule has 0 saturated carbocycles. The van der Waals surface area contributed by atoms with Gasteiger partial charge < -0.3 is 10.6 Å². The molecule has 0 unspecified atom stereocenters. The normalized spacial score (nSPS) is 10.3. The van der Waals surface area contributed by atoms with E-state index in [1.165, 1.54) is 0 Å². The van der Waals surface area contributed by atoms with E-state index < -0.39 is 23.4 Å². The van der Waals surface area contributed by atoms with E-state index in [4.69, 9.17) is 23.2 Å². The van der Waals surface area contributed by atoms with Crippen molar-refractivity contribution in [1.82, 2.24) is 5.32 Å². The fraction of sp³-hybridized carbons (Fsp3) is 0.125. The molecule has 4 nitrogen and oxygen atoms in total. The number of amides is 2. The first-order valence-electron chi connectivity index (χ1n) is 6.85. The molecule has 0 aliphatic carbocycles. The molecule has 0 aromatic heterocycles. The molecule has 0 bridgehead atoms. The Morgan fingerprint density at radius 1 is 1.00 bits per heavy atom. The van der Waals surface area contributed by atoms with E-state index in [0.717, 1.165) is 17.7 Å². The highest BCUT2D eigenvalue weighted by atomic mass is 35.5. The van der Waals surface area contributed by atoms with Gasteiger partial charge in [-0.05, 0) is 36.2 Å². The fourth-order valence-electron chi connectivity index (χ4n) is 1.89. The summed E-state index contributed by atoms with van der Waals surface area (Å²) in [5, 5.41) is 5.40. The van der Waals surface area contributed by atoms with Gasteiger partial charge in [0.05, 0.1) is 5.69 Å². The van der Waals surface area contributed by atoms with Crippen LogP contribution in [0.2, 0.25) is 10.0 Å². The Kier molecular flexibility index (Phi) is 6.11. The summed E-state index contributed by atoms with van der Waals surface area (Å²) in [6.45, 7) is 0.152. The van der Waals surface area contributed by atoms with E-state index in [0.29, 0.717) is 22.5 Å². The maximum Gasteiger partial charge on any atom is 0.313 e. The number of carbonyl (C=O) groups excluding carboxylic acids is 2. The summed E-state index contributed by atoms with van der Waals surface area (Å²) in [5.41, 5.74) is 0.476. The Morgan fingerprint density at radius 3 is 2.42 bits per heavy atom. The summed E-state index contributed by atoms with van der Waals surface area (Å²) in [7, 11) is 0. The lowest BCUT2D eigenvalue weighted by Gasteiger charge is -2.08. The minimum absolute atomic E-state index is 0.152. The summed E-state index contributed by atoms with van der Waals surface area (Å²) < 4.78 is 26.2. The van der Waals surface area contributed by atoms with Crippen LogP contribution in [0.4, 0.5) is 14.5 Å². The summed E-state index contributed by atoms with van der Waals surface area (Å²) in [4.78, 5) is 23.4. The number of anilines is 1. The third kappa shape index (κ3) is 4.91. The Balaban J connectivity index is 1.86. The Labute approximate surface area is 146 Å². The summed E-state index contributed by atoms with van der Waals surface area (Å²) >= 11 is 11.8. The molecule has 0 spiro atoms. The third-order valence-electron chi connectivity index (χ3n) is 3.08. The lowest BCUT2D eigenvalue weighted by molar-refractivity contribution is -0.136. The van der Waals surface area contributed by atoms with Crippen molar-refractivity contribution in [2.24, 2.45) is 0 Å². The maximum absolute atomic E-state index is 13.4. The molecule has 2 N–H and O–H groups in total. The van der Waals surface area contributed by atoms with Gasteiger partial charge in [-0.1, -0.05) is 29.3 Å². The van der Waals surface area contributed by atoms with Crippen molar-refractivity contribution in [2.45, 2.75) is 6.42 Å². The van der Waals surface area contributed by atoms with Crippen LogP contribution < -0.4 is 10.6 Å². The topological polar surface area (TPSA) is 58.2 Å². The lowest BCUT2D eigenvalue weighted by atomic mass is 10.1. The second-order valence-corrected chi connectivity index (χ2v) is 5.66. The Hall–Kier alpha value is -2.18. The van der Waals surface area contributed by atoms with Gasteiger partial charge in [0.15, 0.2) is 0 Å². The van der Waals surface area contributed by atoms with Crippen molar-refractivity contribution in [2.75, 3.05) is 11.9 Å². The molecule has 2 amide bonds. The second-order valence-electron chi connectivity index (χ2n) is 4.82. The van der Waals surface area contributed by atoms with Crippen LogP contribution >= 0.6 is 23.2 Å². The summed E-state index contributed by atoms with van der Waals surface area (Å²) in [6, 6.07) is 7.56. The quantitative estimate of drug-likeness (QED) is 0.806. The van der Waals surface area contributed by atoms with Gasteiger partial charge in [0.25, 0.3) is 0 Å². The number of hydrogen-bond donors (Lipinski definition) is 2. The molecular weight excluding hydrogens is 361 g/mol. The molecule has 0 fully saturated rings. The van der Waals surface area contributed by atoms with Crippen LogP contribution in [0.5, 0.6) is 0 Å². The van der Waals surface area contributed by atoms with Crippen molar-refractivity contribution in [3.8, 4) is 0 Å². The van der Waals surface area contributed by atoms with Gasteiger partial charge in [0, 0.05) is 22.7 Å². The average molecular weight is 373 g/mol. The number of carbonyl (C=O) groups is 2. The SMILES string of the molecule is O=C(NCCc1ccc(Cl)cc1Cl)C(=O)Nc1ccc(F)cc1F. The number of benzene rings is 2. The number of hydrogen-bond acceptors (Lipinski definition) is 2. The van der Waals surface area contributed by atoms with Crippen LogP contribution in [-0.4, -0.2) is 18.4 Å². The zero-order chi connectivity index (χ0) is 17.7. The summed E-state index contributed by atoms with van der Waals surface area (Å²) in [6.07, 6.45) is 0.389. The number of nitrogens with one attached hydrogen (secondary N) is 2. The number of rotatable bonds is 4. The second kappa shape index (κ2) is 8.08. The monoisotopic (exact) mass is 372 g/mol. The number of halogens is 4. The molecule has 2 aromatic carbocycles. The molecule has 0 atom stereocenters. The van der Waals surface area contributed by atoms with Gasteiger partial charge in [0.2, 0.25) is 0 Å². The predicted octanol–water partition coefficient (Wildman–Crippen LogP) is 3.57. The van der Waals surface area contributed by atoms with Gasteiger partial charge in [0.1, 0.15) is 11.6 Å². The minimum Gasteiger partial charge on any atom is -0.347 e. The highest BCUT2D eigenvalue weighted by Crippen LogP contribution is 2.21. The highest BCUT2D eigenvalue weighted by Gasteiger charge is 2.15. The molecule has 0 saturated heterocycles. The van der Waals surface area contributed by atoms with Crippen LogP contribution in [0.3, 0.4) is 0 Å². The van der Waals surface area contributed by atoms with Crippen LogP contribution in [0.25, 0.3) is 0 Å². The zero-order valence-electron chi connectivity index (χ0n) is 12.2. The van der Waals surface area contributed by atoms with E-state index in [-0.39, 0.29) is 12.2 Å². The van der Waals surface area contributed by atoms with Gasteiger partial charge in [-0.25, -0.2) is 8.78 Å². The highest BCUT2D eigenvalue weighted by molar-refractivity contribution is 6.39. The van der Waals surface area contributed by atoms with E-state index >= 15 is 0 Å². The predicted molar refractivity (Wildman–Crippen MR) is 88.2 cm³/mol. The molecule has 2 rings (SSSR count). The van der Waals surface area contributed by atoms with Crippen LogP contribution in [-0.2, 0) is 16.0 Å². The molecule has 2 aromatic rings. The molecule has 0 heterocycles. The lowest BCUT2D eigenvalue weighted by Crippen LogP contribution is -2.36. The van der Waals surface area contributed by atoms with Crippen molar-refractivity contribution in [3.05, 3.63) is 63.6 Å². The van der Waals surface area contributed by atoms with Gasteiger partial charge >= 0.3 is 11.8 Å². The van der Waals surface area contributed by atoms with Crippen molar-refractivity contribution < 1.29 is 18.4 Å². The zero-order valence-corrected chi connectivity index (χ0v) is 13.7. The van der Waals surface area contributed by atoms with Gasteiger partial charge in [-0.2, -0.15) is 0 Å². The smallest absolute Gasteiger partial charge is 0.313 e. The van der Waals surface area contributed by atoms with Crippen molar-refractivity contribution in [3.63, 3.8) is 0 Å². The standard InChI is InChI=1S/C16H12Cl2F2N2O2/c17-10-2-1-9(12(18)7-10)5-6-21-15(23)16(24)22-14-4-3-11(19)8-13(14)20/h1-4,7-8H,5-6H2,(H,21,23)(H,22,24). The molecular formula is C16H12Cl2F2N2O2. The van der Waals surface area contributed by atoms with Crippen molar-refractivity contribution >= 4 is 40.7 Å². The van der Waals surface area contributed by atoms with Crippen molar-refractivity contribution in [1.29, 1.82) is 0 Å². The van der Waals surface area contributed by atoms with E-state index in [2.05, 4.69) is 10.6 Å². The maximum atomic E-state index is 13.4. The molecule has 0 aliphatic rings. The van der Waals surface area contributed by atoms with E-state index in [1.807, 2.05) is 0 Å². The molecule has 8 heteroatoms. The van der Waals surface area contributed by atoms with Gasteiger partial charge in [-0.3, -0.25) is 9.59 Å². The largest absolute Gasteiger partial charge is 0.347 e. The van der Waals surface area contributed by atoms with Crippen LogP contribution in [0, 0.1) is 11.6 Å². The summed E-state index contributed by atoms with van der Waals surface area (Å²) in [5.74, 6) is -3.74. The minimum atomic E-state index is -1.05. The Morgan fingerprint density at radius 2 is 1.75 bits per heavy atom.